The van der Waals surface area contributed by atoms with Gasteiger partial charge in [-0.25, -0.2) is 0 Å². The molecule has 2 heteroatoms. The number of fused-ring (bicyclic) bond motifs is 8. The van der Waals surface area contributed by atoms with E-state index in [4.69, 9.17) is 0 Å². The average molecular weight is 296 g/mol. The monoisotopic (exact) mass is 296 g/mol. The van der Waals surface area contributed by atoms with Gasteiger partial charge in [0.05, 0.1) is 0 Å². The number of allylic oxidation sites excluding steroid dienone is 4. The minimum Gasteiger partial charge on any atom is -0.295 e. The Morgan fingerprint density at radius 3 is 2.77 bits per heavy atom. The van der Waals surface area contributed by atoms with Crippen molar-refractivity contribution < 1.29 is 9.59 Å². The van der Waals surface area contributed by atoms with Gasteiger partial charge in [0, 0.05) is 11.8 Å². The van der Waals surface area contributed by atoms with E-state index in [1.807, 2.05) is 12.2 Å². The fraction of sp³-hybridized carbons (Fsp3) is 0.700. The maximum atomic E-state index is 12.4. The van der Waals surface area contributed by atoms with Crippen molar-refractivity contribution in [1.29, 1.82) is 0 Å². The van der Waals surface area contributed by atoms with Crippen molar-refractivity contribution in [3.05, 3.63) is 23.8 Å². The highest BCUT2D eigenvalue weighted by Gasteiger charge is 2.66. The van der Waals surface area contributed by atoms with Crippen molar-refractivity contribution in [1.82, 2.24) is 0 Å². The summed E-state index contributed by atoms with van der Waals surface area (Å²) in [5, 5.41) is 0. The molecule has 3 unspecified atom stereocenters. The van der Waals surface area contributed by atoms with Gasteiger partial charge in [-0.2, -0.15) is 0 Å². The lowest BCUT2D eigenvalue weighted by Crippen LogP contribution is -2.51. The Balaban J connectivity index is 1.61. The van der Waals surface area contributed by atoms with Crippen LogP contribution in [0, 0.1) is 40.4 Å². The molecule has 0 aliphatic heterocycles. The van der Waals surface area contributed by atoms with E-state index in [1.54, 1.807) is 0 Å². The van der Waals surface area contributed by atoms with Crippen LogP contribution in [0.2, 0.25) is 0 Å². The molecule has 3 saturated carbocycles. The Morgan fingerprint density at radius 1 is 1.14 bits per heavy atom. The van der Waals surface area contributed by atoms with Crippen LogP contribution in [0.4, 0.5) is 0 Å². The van der Waals surface area contributed by atoms with Gasteiger partial charge in [0.2, 0.25) is 0 Å². The molecular formula is C20H24O2. The summed E-state index contributed by atoms with van der Waals surface area (Å²) in [5.41, 5.74) is 1.57. The number of hydrogen-bond donors (Lipinski definition) is 0. The Kier molecular flexibility index (Phi) is 2.31. The molecule has 0 bridgehead atoms. The first kappa shape index (κ1) is 13.3. The van der Waals surface area contributed by atoms with Crippen LogP contribution >= 0.6 is 0 Å². The first-order chi connectivity index (χ1) is 10.4. The topological polar surface area (TPSA) is 34.1 Å². The fourth-order valence-corrected chi connectivity index (χ4v) is 6.67. The Hall–Kier alpha value is -1.18. The van der Waals surface area contributed by atoms with E-state index in [9.17, 15) is 9.59 Å². The first-order valence-corrected chi connectivity index (χ1v) is 8.93. The summed E-state index contributed by atoms with van der Waals surface area (Å²) in [6, 6.07) is 0. The SMILES string of the molecule is C[C@]12CCC(=O)C=C1[C@@H]1C[C@@H]1C1C2CC[C@]2(C)C(=O)C=CC12. The van der Waals surface area contributed by atoms with Gasteiger partial charge in [0.15, 0.2) is 11.6 Å². The van der Waals surface area contributed by atoms with E-state index < -0.39 is 0 Å². The maximum Gasteiger partial charge on any atom is 0.161 e. The zero-order valence-electron chi connectivity index (χ0n) is 13.5. The fourth-order valence-electron chi connectivity index (χ4n) is 6.67. The van der Waals surface area contributed by atoms with Crippen LogP contribution in [0.15, 0.2) is 23.8 Å². The highest BCUT2D eigenvalue weighted by atomic mass is 16.1. The summed E-state index contributed by atoms with van der Waals surface area (Å²) >= 11 is 0. The third-order valence-corrected chi connectivity index (χ3v) is 8.03. The molecule has 0 aromatic rings. The molecule has 0 saturated heterocycles. The number of rotatable bonds is 0. The van der Waals surface area contributed by atoms with Crippen molar-refractivity contribution in [3.8, 4) is 0 Å². The van der Waals surface area contributed by atoms with Crippen molar-refractivity contribution in [3.63, 3.8) is 0 Å². The van der Waals surface area contributed by atoms with Crippen LogP contribution in [0.25, 0.3) is 0 Å². The molecule has 22 heavy (non-hydrogen) atoms. The van der Waals surface area contributed by atoms with E-state index in [1.165, 1.54) is 12.0 Å². The summed E-state index contributed by atoms with van der Waals surface area (Å²) < 4.78 is 0. The van der Waals surface area contributed by atoms with Gasteiger partial charge in [0.1, 0.15) is 0 Å². The van der Waals surface area contributed by atoms with Crippen molar-refractivity contribution >= 4 is 11.6 Å². The highest BCUT2D eigenvalue weighted by molar-refractivity contribution is 5.97. The molecule has 5 aliphatic rings. The molecular weight excluding hydrogens is 272 g/mol. The van der Waals surface area contributed by atoms with E-state index in [-0.39, 0.29) is 10.8 Å². The summed E-state index contributed by atoms with van der Waals surface area (Å²) in [4.78, 5) is 24.3. The largest absolute Gasteiger partial charge is 0.295 e. The lowest BCUT2D eigenvalue weighted by Gasteiger charge is -2.56. The maximum absolute atomic E-state index is 12.4. The molecule has 0 aromatic carbocycles. The number of carbonyl (C=O) groups is 2. The van der Waals surface area contributed by atoms with Crippen molar-refractivity contribution in [2.75, 3.05) is 0 Å². The highest BCUT2D eigenvalue weighted by Crippen LogP contribution is 2.72. The van der Waals surface area contributed by atoms with Gasteiger partial charge < -0.3 is 0 Å². The van der Waals surface area contributed by atoms with Crippen LogP contribution in [0.3, 0.4) is 0 Å². The zero-order chi connectivity index (χ0) is 15.3. The van der Waals surface area contributed by atoms with E-state index in [2.05, 4.69) is 19.9 Å². The predicted octanol–water partition coefficient (Wildman–Crippen LogP) is 3.72. The second kappa shape index (κ2) is 3.83. The van der Waals surface area contributed by atoms with Gasteiger partial charge in [-0.1, -0.05) is 25.5 Å². The van der Waals surface area contributed by atoms with Gasteiger partial charge in [-0.3, -0.25) is 9.59 Å². The molecule has 5 aliphatic carbocycles. The van der Waals surface area contributed by atoms with Crippen LogP contribution in [-0.2, 0) is 9.59 Å². The van der Waals surface area contributed by atoms with E-state index >= 15 is 0 Å². The quantitative estimate of drug-likeness (QED) is 0.683. The number of carbonyl (C=O) groups excluding carboxylic acids is 2. The lowest BCUT2D eigenvalue weighted by atomic mass is 9.47. The van der Waals surface area contributed by atoms with Gasteiger partial charge >= 0.3 is 0 Å². The second-order valence-electron chi connectivity index (χ2n) is 8.88. The molecule has 0 radical (unpaired) electrons. The van der Waals surface area contributed by atoms with Gasteiger partial charge in [-0.15, -0.1) is 0 Å². The average Bonchev–Trinajstić information content (AvgIpc) is 3.22. The van der Waals surface area contributed by atoms with Crippen LogP contribution in [0.5, 0.6) is 0 Å². The molecule has 0 heterocycles. The third-order valence-electron chi connectivity index (χ3n) is 8.03. The lowest BCUT2D eigenvalue weighted by molar-refractivity contribution is -0.130. The van der Waals surface area contributed by atoms with E-state index in [0.717, 1.165) is 31.6 Å². The standard InChI is InChI=1S/C20H24O2/c1-19-7-5-11(21)9-16(19)12-10-13(12)18-14-3-4-17(22)20(14,2)8-6-15(18)19/h3-4,9,12-15,18H,5-8,10H2,1-2H3/t12-,13+,14?,15?,18?,19-,20+/m1/s1. The normalized spacial score (nSPS) is 55.0. The van der Waals surface area contributed by atoms with Crippen LogP contribution in [0.1, 0.15) is 46.0 Å². The molecule has 0 aromatic heterocycles. The third kappa shape index (κ3) is 1.38. The molecule has 116 valence electrons. The van der Waals surface area contributed by atoms with Gasteiger partial charge in [0.25, 0.3) is 0 Å². The minimum atomic E-state index is -0.129. The minimum absolute atomic E-state index is 0.129. The van der Waals surface area contributed by atoms with Gasteiger partial charge in [-0.05, 0) is 72.8 Å². The molecule has 5 rings (SSSR count). The number of ketones is 2. The molecule has 0 N–H and O–H groups in total. The molecule has 2 nitrogen and oxygen atoms in total. The van der Waals surface area contributed by atoms with Crippen molar-refractivity contribution in [2.24, 2.45) is 40.4 Å². The molecule has 3 fully saturated rings. The zero-order valence-corrected chi connectivity index (χ0v) is 13.5. The molecule has 0 amide bonds. The molecule has 0 spiro atoms. The van der Waals surface area contributed by atoms with E-state index in [0.29, 0.717) is 35.2 Å². The predicted molar refractivity (Wildman–Crippen MR) is 84.0 cm³/mol. The van der Waals surface area contributed by atoms with Crippen molar-refractivity contribution in [2.45, 2.75) is 46.0 Å². The Bertz CT molecular complexity index is 657. The smallest absolute Gasteiger partial charge is 0.161 e. The first-order valence-electron chi connectivity index (χ1n) is 8.93. The molecule has 7 atom stereocenters. The second-order valence-corrected chi connectivity index (χ2v) is 8.88. The van der Waals surface area contributed by atoms with Crippen LogP contribution < -0.4 is 0 Å². The van der Waals surface area contributed by atoms with Crippen LogP contribution in [-0.4, -0.2) is 11.6 Å². The Labute approximate surface area is 132 Å². The summed E-state index contributed by atoms with van der Waals surface area (Å²) in [5.74, 6) is 3.86. The number of hydrogen-bond acceptors (Lipinski definition) is 2. The Morgan fingerprint density at radius 2 is 1.95 bits per heavy atom. The summed E-state index contributed by atoms with van der Waals surface area (Å²) in [6.45, 7) is 4.62. The summed E-state index contributed by atoms with van der Waals surface area (Å²) in [6.07, 6.45) is 11.3. The summed E-state index contributed by atoms with van der Waals surface area (Å²) in [7, 11) is 0.